The van der Waals surface area contributed by atoms with Crippen molar-refractivity contribution in [3.63, 3.8) is 0 Å². The van der Waals surface area contributed by atoms with E-state index in [1.165, 1.54) is 88.2 Å². The number of allylic oxidation sites excluding steroid dienone is 5. The number of hydrogen-bond donors (Lipinski definition) is 3. The SMILES string of the molecule is C=C1CCCC/C1=C/C=C1\CCCC2(C)C(CCCCC(C)(C)O)CCC12.CC.CCC.NC(=O)O. The number of carbonyl (C=O) groups is 1. The molecule has 0 aromatic rings. The highest BCUT2D eigenvalue weighted by Gasteiger charge is 2.48. The van der Waals surface area contributed by atoms with Crippen molar-refractivity contribution in [2.75, 3.05) is 0 Å². The molecule has 3 aliphatic rings. The number of amides is 1. The quantitative estimate of drug-likeness (QED) is 0.314. The summed E-state index contributed by atoms with van der Waals surface area (Å²) >= 11 is 0. The van der Waals surface area contributed by atoms with E-state index in [4.69, 9.17) is 9.90 Å². The lowest BCUT2D eigenvalue weighted by Gasteiger charge is -2.42. The monoisotopic (exact) mass is 505 g/mol. The Morgan fingerprint density at radius 1 is 1.08 bits per heavy atom. The molecule has 3 atom stereocenters. The van der Waals surface area contributed by atoms with Crippen molar-refractivity contribution in [3.05, 3.63) is 35.5 Å². The maximum absolute atomic E-state index is 9.95. The molecule has 3 unspecified atom stereocenters. The average Bonchev–Trinajstić information content (AvgIpc) is 3.14. The summed E-state index contributed by atoms with van der Waals surface area (Å²) in [5.41, 5.74) is 8.67. The molecule has 3 saturated carbocycles. The third kappa shape index (κ3) is 12.6. The number of hydrogen-bond acceptors (Lipinski definition) is 2. The summed E-state index contributed by atoms with van der Waals surface area (Å²) in [6, 6.07) is 0. The minimum atomic E-state index is -1.33. The summed E-state index contributed by atoms with van der Waals surface area (Å²) in [6.45, 7) is 19.0. The third-order valence-electron chi connectivity index (χ3n) is 7.88. The van der Waals surface area contributed by atoms with Gasteiger partial charge in [0.25, 0.3) is 0 Å². The highest BCUT2D eigenvalue weighted by molar-refractivity contribution is 5.61. The van der Waals surface area contributed by atoms with Gasteiger partial charge < -0.3 is 15.9 Å². The Morgan fingerprint density at radius 3 is 2.22 bits per heavy atom. The number of nitrogens with two attached hydrogens (primary N) is 1. The van der Waals surface area contributed by atoms with Crippen LogP contribution in [-0.2, 0) is 0 Å². The lowest BCUT2D eigenvalue weighted by Crippen LogP contribution is -2.33. The van der Waals surface area contributed by atoms with Crippen molar-refractivity contribution in [2.24, 2.45) is 23.0 Å². The first-order chi connectivity index (χ1) is 16.9. The Bertz CT molecular complexity index is 697. The number of fused-ring (bicyclic) bond motifs is 1. The van der Waals surface area contributed by atoms with Crippen molar-refractivity contribution in [3.8, 4) is 0 Å². The molecule has 1 amide bonds. The second-order valence-corrected chi connectivity index (χ2v) is 11.5. The second-order valence-electron chi connectivity index (χ2n) is 11.5. The van der Waals surface area contributed by atoms with Gasteiger partial charge in [0.15, 0.2) is 0 Å². The van der Waals surface area contributed by atoms with E-state index in [0.717, 1.165) is 24.7 Å². The summed E-state index contributed by atoms with van der Waals surface area (Å²) in [4.78, 5) is 8.78. The van der Waals surface area contributed by atoms with Crippen molar-refractivity contribution in [1.82, 2.24) is 0 Å². The van der Waals surface area contributed by atoms with Crippen LogP contribution in [0.15, 0.2) is 35.5 Å². The first kappa shape index (κ1) is 34.5. The largest absolute Gasteiger partial charge is 0.465 e. The van der Waals surface area contributed by atoms with E-state index >= 15 is 0 Å². The molecule has 3 aliphatic carbocycles. The van der Waals surface area contributed by atoms with Crippen LogP contribution in [0.25, 0.3) is 0 Å². The van der Waals surface area contributed by atoms with E-state index in [1.807, 2.05) is 27.7 Å². The Labute approximate surface area is 223 Å². The van der Waals surface area contributed by atoms with E-state index in [2.05, 4.69) is 45.2 Å². The molecule has 0 aliphatic heterocycles. The van der Waals surface area contributed by atoms with Crippen LogP contribution in [0.2, 0.25) is 0 Å². The van der Waals surface area contributed by atoms with Gasteiger partial charge in [0.2, 0.25) is 0 Å². The van der Waals surface area contributed by atoms with Crippen molar-refractivity contribution in [1.29, 1.82) is 0 Å². The highest BCUT2D eigenvalue weighted by atomic mass is 16.4. The molecular formula is C32H59NO3. The van der Waals surface area contributed by atoms with Gasteiger partial charge in [0.05, 0.1) is 5.60 Å². The highest BCUT2D eigenvalue weighted by Crippen LogP contribution is 2.58. The predicted octanol–water partition coefficient (Wildman–Crippen LogP) is 9.58. The zero-order valence-electron chi connectivity index (χ0n) is 24.8. The lowest BCUT2D eigenvalue weighted by molar-refractivity contribution is 0.0659. The molecular weight excluding hydrogens is 446 g/mol. The summed E-state index contributed by atoms with van der Waals surface area (Å²) in [6.07, 6.45) is 21.5. The van der Waals surface area contributed by atoms with Crippen molar-refractivity contribution >= 4 is 6.09 Å². The molecule has 36 heavy (non-hydrogen) atoms. The lowest BCUT2D eigenvalue weighted by atomic mass is 9.62. The van der Waals surface area contributed by atoms with Gasteiger partial charge in [-0.1, -0.05) is 83.8 Å². The third-order valence-corrected chi connectivity index (χ3v) is 7.88. The Kier molecular flexibility index (Phi) is 17.1. The number of primary amides is 1. The first-order valence-electron chi connectivity index (χ1n) is 14.7. The van der Waals surface area contributed by atoms with Crippen LogP contribution < -0.4 is 5.73 Å². The van der Waals surface area contributed by atoms with Gasteiger partial charge in [-0.25, -0.2) is 4.79 Å². The van der Waals surface area contributed by atoms with Gasteiger partial charge in [-0.2, -0.15) is 0 Å². The molecule has 4 heteroatoms. The number of carboxylic acid groups (broad SMARTS) is 1. The van der Waals surface area contributed by atoms with Crippen LogP contribution in [0.4, 0.5) is 4.79 Å². The van der Waals surface area contributed by atoms with E-state index in [9.17, 15) is 5.11 Å². The molecule has 0 aromatic heterocycles. The Hall–Kier alpha value is -1.55. The van der Waals surface area contributed by atoms with Gasteiger partial charge in [-0.05, 0) is 107 Å². The molecule has 0 bridgehead atoms. The molecule has 0 saturated heterocycles. The van der Waals surface area contributed by atoms with Crippen LogP contribution in [0.1, 0.15) is 138 Å². The van der Waals surface area contributed by atoms with Crippen molar-refractivity contribution in [2.45, 2.75) is 144 Å². The molecule has 0 heterocycles. The molecule has 210 valence electrons. The van der Waals surface area contributed by atoms with E-state index < -0.39 is 11.7 Å². The molecule has 3 fully saturated rings. The van der Waals surface area contributed by atoms with Gasteiger partial charge >= 0.3 is 6.09 Å². The van der Waals surface area contributed by atoms with Gasteiger partial charge in [0.1, 0.15) is 0 Å². The van der Waals surface area contributed by atoms with Crippen LogP contribution in [0.5, 0.6) is 0 Å². The minimum absolute atomic E-state index is 0.501. The van der Waals surface area contributed by atoms with Crippen molar-refractivity contribution < 1.29 is 15.0 Å². The predicted molar refractivity (Wildman–Crippen MR) is 156 cm³/mol. The van der Waals surface area contributed by atoms with Gasteiger partial charge in [-0.3, -0.25) is 0 Å². The zero-order chi connectivity index (χ0) is 27.8. The Morgan fingerprint density at radius 2 is 1.67 bits per heavy atom. The second kappa shape index (κ2) is 17.8. The smallest absolute Gasteiger partial charge is 0.402 e. The summed E-state index contributed by atoms with van der Waals surface area (Å²) in [5, 5.41) is 17.1. The fourth-order valence-corrected chi connectivity index (χ4v) is 6.17. The standard InChI is InChI=1S/C26H42O.C3H8.C2H6.CH3NO2/c1-20-10-5-6-11-21(20)14-15-22-12-9-19-26(4)23(16-17-24(22)26)13-7-8-18-25(2,3)27;1-3-2;1-2;2-1(3)4/h14-15,23-24,27H,1,5-13,16-19H2,2-4H3;3H2,1-2H3;1-2H3;2H2,(H,3,4)/b21-14-,22-15+;;;. The fraction of sp³-hybridized carbons (Fsp3) is 0.781. The number of rotatable bonds is 6. The molecule has 0 radical (unpaired) electrons. The van der Waals surface area contributed by atoms with Crippen LogP contribution in [0.3, 0.4) is 0 Å². The number of aliphatic hydroxyl groups is 1. The minimum Gasteiger partial charge on any atom is -0.465 e. The van der Waals surface area contributed by atoms with E-state index in [-0.39, 0.29) is 0 Å². The van der Waals surface area contributed by atoms with Crippen LogP contribution >= 0.6 is 0 Å². The summed E-state index contributed by atoms with van der Waals surface area (Å²) in [7, 11) is 0. The maximum Gasteiger partial charge on any atom is 0.402 e. The summed E-state index contributed by atoms with van der Waals surface area (Å²) in [5.74, 6) is 1.68. The van der Waals surface area contributed by atoms with E-state index in [0.29, 0.717) is 5.41 Å². The first-order valence-corrected chi connectivity index (χ1v) is 14.7. The average molecular weight is 506 g/mol. The number of unbranched alkanes of at least 4 members (excludes halogenated alkanes) is 1. The normalized spacial score (nSPS) is 27.6. The zero-order valence-corrected chi connectivity index (χ0v) is 24.8. The molecule has 4 nitrogen and oxygen atoms in total. The maximum atomic E-state index is 9.95. The topological polar surface area (TPSA) is 83.5 Å². The molecule has 0 aromatic carbocycles. The molecule has 0 spiro atoms. The molecule has 4 N–H and O–H groups in total. The van der Waals surface area contributed by atoms with Gasteiger partial charge in [0, 0.05) is 0 Å². The Balaban J connectivity index is 0.00000119. The fourth-order valence-electron chi connectivity index (χ4n) is 6.17. The van der Waals surface area contributed by atoms with Crippen LogP contribution in [0, 0.1) is 17.3 Å². The molecule has 3 rings (SSSR count). The van der Waals surface area contributed by atoms with E-state index in [1.54, 1.807) is 5.57 Å². The van der Waals surface area contributed by atoms with Gasteiger partial charge in [-0.15, -0.1) is 0 Å². The van der Waals surface area contributed by atoms with Crippen LogP contribution in [-0.4, -0.2) is 21.9 Å². The summed E-state index contributed by atoms with van der Waals surface area (Å²) < 4.78 is 0.